The third-order valence-corrected chi connectivity index (χ3v) is 4.99. The first-order valence-corrected chi connectivity index (χ1v) is 9.38. The minimum absolute atomic E-state index is 0.0167. The Balaban J connectivity index is 2.22. The molecule has 7 nitrogen and oxygen atoms in total. The van der Waals surface area contributed by atoms with E-state index in [1.54, 1.807) is 0 Å². The Morgan fingerprint density at radius 1 is 1.36 bits per heavy atom. The number of hydrogen-bond acceptors (Lipinski definition) is 7. The van der Waals surface area contributed by atoms with Crippen LogP contribution < -0.4 is 10.6 Å². The van der Waals surface area contributed by atoms with Gasteiger partial charge < -0.3 is 15.7 Å². The monoisotopic (exact) mass is 366 g/mol. The molecule has 10 heteroatoms. The van der Waals surface area contributed by atoms with Crippen LogP contribution in [0, 0.1) is 0 Å². The highest BCUT2D eigenvalue weighted by Gasteiger charge is 2.26. The molecule has 1 fully saturated rings. The molecule has 1 aliphatic rings. The van der Waals surface area contributed by atoms with Crippen molar-refractivity contribution >= 4 is 59.1 Å². The van der Waals surface area contributed by atoms with Gasteiger partial charge in [-0.3, -0.25) is 14.4 Å². The number of carboxylic acid groups (broad SMARTS) is 1. The number of hydrogen-bond donors (Lipinski definition) is 4. The number of thioether (sulfide) groups is 2. The predicted molar refractivity (Wildman–Crippen MR) is 89.4 cm³/mol. The van der Waals surface area contributed by atoms with Gasteiger partial charge in [-0.1, -0.05) is 11.8 Å². The quantitative estimate of drug-likeness (QED) is 0.417. The molecule has 1 heterocycles. The molecule has 0 unspecified atom stereocenters. The highest BCUT2D eigenvalue weighted by Crippen LogP contribution is 2.19. The molecule has 0 aliphatic carbocycles. The topological polar surface area (TPSA) is 113 Å². The molecule has 0 aromatic carbocycles. The van der Waals surface area contributed by atoms with Crippen LogP contribution >= 0.6 is 36.2 Å². The van der Waals surface area contributed by atoms with Gasteiger partial charge in [0, 0.05) is 5.75 Å². The predicted octanol–water partition coefficient (Wildman–Crippen LogP) is -0.243. The summed E-state index contributed by atoms with van der Waals surface area (Å²) < 4.78 is 0. The maximum Gasteiger partial charge on any atom is 0.326 e. The van der Waals surface area contributed by atoms with E-state index in [4.69, 9.17) is 5.11 Å². The Morgan fingerprint density at radius 2 is 2.05 bits per heavy atom. The van der Waals surface area contributed by atoms with Crippen LogP contribution in [0.5, 0.6) is 0 Å². The third-order valence-electron chi connectivity index (χ3n) is 2.79. The van der Waals surface area contributed by atoms with Crippen molar-refractivity contribution < 1.29 is 24.3 Å². The van der Waals surface area contributed by atoms with E-state index in [-0.39, 0.29) is 28.9 Å². The van der Waals surface area contributed by atoms with Crippen molar-refractivity contribution in [2.24, 2.45) is 0 Å². The van der Waals surface area contributed by atoms with Crippen molar-refractivity contribution in [1.82, 2.24) is 10.6 Å². The van der Waals surface area contributed by atoms with E-state index in [2.05, 4.69) is 23.3 Å². The van der Waals surface area contributed by atoms with Crippen molar-refractivity contribution in [2.45, 2.75) is 24.9 Å². The zero-order valence-corrected chi connectivity index (χ0v) is 14.3. The van der Waals surface area contributed by atoms with E-state index in [1.165, 1.54) is 11.8 Å². The van der Waals surface area contributed by atoms with Gasteiger partial charge in [0.25, 0.3) is 0 Å². The lowest BCUT2D eigenvalue weighted by Gasteiger charge is -2.13. The Hall–Kier alpha value is -0.870. The summed E-state index contributed by atoms with van der Waals surface area (Å²) in [5.41, 5.74) is 0. The molecule has 124 valence electrons. The molecular weight excluding hydrogens is 348 g/mol. The molecule has 0 aromatic heterocycles. The van der Waals surface area contributed by atoms with Crippen LogP contribution in [0.25, 0.3) is 0 Å². The minimum atomic E-state index is -1.11. The van der Waals surface area contributed by atoms with Gasteiger partial charge in [0.1, 0.15) is 6.04 Å². The summed E-state index contributed by atoms with van der Waals surface area (Å²) in [6, 6.07) is -1.40. The second kappa shape index (κ2) is 10.0. The van der Waals surface area contributed by atoms with E-state index in [0.29, 0.717) is 17.9 Å². The molecule has 1 aliphatic heterocycles. The van der Waals surface area contributed by atoms with Gasteiger partial charge in [-0.2, -0.15) is 12.6 Å². The molecule has 2 atom stereocenters. The molecule has 0 radical (unpaired) electrons. The number of carbonyl (C=O) groups excluding carboxylic acids is 3. The number of carbonyl (C=O) groups is 4. The smallest absolute Gasteiger partial charge is 0.326 e. The number of nitrogens with one attached hydrogen (secondary N) is 2. The zero-order valence-electron chi connectivity index (χ0n) is 11.7. The summed E-state index contributed by atoms with van der Waals surface area (Å²) in [7, 11) is 0. The Kier molecular flexibility index (Phi) is 8.72. The molecule has 22 heavy (non-hydrogen) atoms. The molecule has 0 aromatic rings. The molecule has 1 rings (SSSR count). The van der Waals surface area contributed by atoms with Crippen LogP contribution in [0.2, 0.25) is 0 Å². The van der Waals surface area contributed by atoms with Crippen molar-refractivity contribution in [3.05, 3.63) is 0 Å². The van der Waals surface area contributed by atoms with Gasteiger partial charge in [0.15, 0.2) is 0 Å². The fourth-order valence-corrected chi connectivity index (χ4v) is 3.55. The Morgan fingerprint density at radius 3 is 2.59 bits per heavy atom. The minimum Gasteiger partial charge on any atom is -0.480 e. The molecule has 0 saturated carbocycles. The van der Waals surface area contributed by atoms with Crippen molar-refractivity contribution in [1.29, 1.82) is 0 Å². The SMILES string of the molecule is O=C(CSCC(=O)N[C@@H]1CCSC1=O)N[C@H](CCS)C(=O)O. The van der Waals surface area contributed by atoms with Crippen molar-refractivity contribution in [2.75, 3.05) is 23.0 Å². The van der Waals surface area contributed by atoms with Gasteiger partial charge in [0.05, 0.1) is 17.5 Å². The van der Waals surface area contributed by atoms with Gasteiger partial charge >= 0.3 is 5.97 Å². The number of rotatable bonds is 9. The van der Waals surface area contributed by atoms with Crippen molar-refractivity contribution in [3.63, 3.8) is 0 Å². The molecular formula is C12H18N2O5S3. The van der Waals surface area contributed by atoms with Gasteiger partial charge in [-0.25, -0.2) is 4.79 Å². The van der Waals surface area contributed by atoms with Crippen molar-refractivity contribution in [3.8, 4) is 0 Å². The second-order valence-electron chi connectivity index (χ2n) is 4.54. The Labute approximate surface area is 142 Å². The summed E-state index contributed by atoms with van der Waals surface area (Å²) in [4.78, 5) is 45.5. The van der Waals surface area contributed by atoms with Crippen LogP contribution in [-0.2, 0) is 19.2 Å². The first kappa shape index (κ1) is 19.2. The maximum absolute atomic E-state index is 11.6. The number of carboxylic acids is 1. The first-order chi connectivity index (χ1) is 10.4. The zero-order chi connectivity index (χ0) is 16.5. The lowest BCUT2D eigenvalue weighted by molar-refractivity contribution is -0.141. The largest absolute Gasteiger partial charge is 0.480 e. The lowest BCUT2D eigenvalue weighted by atomic mass is 10.2. The van der Waals surface area contributed by atoms with E-state index in [9.17, 15) is 19.2 Å². The lowest BCUT2D eigenvalue weighted by Crippen LogP contribution is -2.42. The van der Waals surface area contributed by atoms with E-state index in [1.807, 2.05) is 0 Å². The average Bonchev–Trinajstić information content (AvgIpc) is 2.83. The van der Waals surface area contributed by atoms with E-state index < -0.39 is 24.0 Å². The van der Waals surface area contributed by atoms with Crippen LogP contribution in [0.1, 0.15) is 12.8 Å². The average molecular weight is 366 g/mol. The molecule has 3 N–H and O–H groups in total. The fraction of sp³-hybridized carbons (Fsp3) is 0.667. The van der Waals surface area contributed by atoms with Gasteiger partial charge in [-0.15, -0.1) is 11.8 Å². The molecule has 1 saturated heterocycles. The summed E-state index contributed by atoms with van der Waals surface area (Å²) in [5.74, 6) is -0.768. The van der Waals surface area contributed by atoms with Crippen LogP contribution in [0.3, 0.4) is 0 Å². The number of thiol groups is 1. The Bertz CT molecular complexity index is 446. The third kappa shape index (κ3) is 6.93. The fourth-order valence-electron chi connectivity index (χ4n) is 1.72. The summed E-state index contributed by atoms with van der Waals surface area (Å²) in [6.45, 7) is 0. The number of aliphatic carboxylic acids is 1. The first-order valence-electron chi connectivity index (χ1n) is 6.60. The molecule has 0 spiro atoms. The van der Waals surface area contributed by atoms with Crippen LogP contribution in [0.15, 0.2) is 0 Å². The number of amides is 2. The van der Waals surface area contributed by atoms with E-state index in [0.717, 1.165) is 11.8 Å². The van der Waals surface area contributed by atoms with E-state index >= 15 is 0 Å². The normalized spacial score (nSPS) is 18.8. The summed E-state index contributed by atoms with van der Waals surface area (Å²) >= 11 is 6.21. The maximum atomic E-state index is 11.6. The van der Waals surface area contributed by atoms with Crippen LogP contribution in [-0.4, -0.2) is 63.1 Å². The highest BCUT2D eigenvalue weighted by atomic mass is 32.2. The second-order valence-corrected chi connectivity index (χ2v) is 7.07. The molecule has 0 bridgehead atoms. The standard InChI is InChI=1S/C12H18N2O5S3/c15-9(13-7(1-3-20)11(17)18)5-21-6-10(16)14-8-2-4-22-12(8)19/h7-8,20H,1-6H2,(H,13,15)(H,14,16)(H,17,18)/t7-,8-/m1/s1. The summed E-state index contributed by atoms with van der Waals surface area (Å²) in [5, 5.41) is 13.9. The highest BCUT2D eigenvalue weighted by molar-refractivity contribution is 8.14. The van der Waals surface area contributed by atoms with Gasteiger partial charge in [-0.05, 0) is 18.6 Å². The molecule has 2 amide bonds. The van der Waals surface area contributed by atoms with Gasteiger partial charge in [0.2, 0.25) is 16.9 Å². The summed E-state index contributed by atoms with van der Waals surface area (Å²) in [6.07, 6.45) is 0.862. The van der Waals surface area contributed by atoms with Crippen LogP contribution in [0.4, 0.5) is 0 Å².